The second-order valence-electron chi connectivity index (χ2n) is 4.84. The quantitative estimate of drug-likeness (QED) is 0.470. The fraction of sp³-hybridized carbons (Fsp3) is 0.158. The first-order valence-corrected chi connectivity index (χ1v) is 7.79. The van der Waals surface area contributed by atoms with Crippen LogP contribution in [-0.4, -0.2) is 31.3 Å². The molecule has 0 spiro atoms. The van der Waals surface area contributed by atoms with Gasteiger partial charge in [0.05, 0.1) is 23.8 Å². The van der Waals surface area contributed by atoms with Gasteiger partial charge >= 0.3 is 17.9 Å². The number of fused-ring (bicyclic) bond motifs is 1. The number of carbonyl (C=O) groups is 4. The fourth-order valence-corrected chi connectivity index (χ4v) is 2.25. The molecule has 0 aromatic heterocycles. The number of cyclic esters (lactones) is 2. The van der Waals surface area contributed by atoms with Crippen LogP contribution >= 0.6 is 0 Å². The molecule has 2 aromatic carbocycles. The van der Waals surface area contributed by atoms with Crippen LogP contribution in [0.3, 0.4) is 0 Å². The lowest BCUT2D eigenvalue weighted by Gasteiger charge is -2.09. The van der Waals surface area contributed by atoms with Gasteiger partial charge in [-0.1, -0.05) is 13.8 Å². The van der Waals surface area contributed by atoms with Crippen molar-refractivity contribution in [3.63, 3.8) is 0 Å². The van der Waals surface area contributed by atoms with Gasteiger partial charge in [0.2, 0.25) is 0 Å². The zero-order valence-electron chi connectivity index (χ0n) is 14.4. The van der Waals surface area contributed by atoms with Crippen molar-refractivity contribution in [1.82, 2.24) is 0 Å². The molecule has 0 amide bonds. The molecule has 0 unspecified atom stereocenters. The van der Waals surface area contributed by atoms with E-state index in [4.69, 9.17) is 4.74 Å². The largest absolute Gasteiger partial charge is 0.465 e. The molecule has 0 N–H and O–H groups in total. The van der Waals surface area contributed by atoms with Crippen molar-refractivity contribution in [2.45, 2.75) is 13.8 Å². The van der Waals surface area contributed by atoms with Crippen molar-refractivity contribution in [3.05, 3.63) is 58.7 Å². The molecule has 1 heterocycles. The van der Waals surface area contributed by atoms with Gasteiger partial charge < -0.3 is 14.2 Å². The fourth-order valence-electron chi connectivity index (χ4n) is 2.25. The number of methoxy groups -OCH3 is 1. The van der Waals surface area contributed by atoms with Gasteiger partial charge in [0.15, 0.2) is 6.29 Å². The van der Waals surface area contributed by atoms with E-state index in [2.05, 4.69) is 9.47 Å². The Hall–Kier alpha value is -3.48. The van der Waals surface area contributed by atoms with Gasteiger partial charge in [0.25, 0.3) is 0 Å². The molecule has 0 fully saturated rings. The summed E-state index contributed by atoms with van der Waals surface area (Å²) >= 11 is 0. The number of carbonyl (C=O) groups excluding carboxylic acids is 4. The lowest BCUT2D eigenvalue weighted by atomic mass is 10.1. The maximum atomic E-state index is 11.7. The molecule has 0 bridgehead atoms. The molecule has 134 valence electrons. The van der Waals surface area contributed by atoms with Gasteiger partial charge in [-0.3, -0.25) is 4.79 Å². The number of rotatable bonds is 4. The number of benzene rings is 2. The van der Waals surface area contributed by atoms with Crippen molar-refractivity contribution < 1.29 is 33.4 Å². The van der Waals surface area contributed by atoms with Gasteiger partial charge in [0.1, 0.15) is 11.5 Å². The molecule has 1 aliphatic rings. The topological polar surface area (TPSA) is 96.0 Å². The molecule has 0 aliphatic carbocycles. The molecular weight excluding hydrogens is 340 g/mol. The molecule has 7 heteroatoms. The molecule has 0 saturated carbocycles. The number of aldehydes is 1. The second-order valence-corrected chi connectivity index (χ2v) is 4.84. The minimum atomic E-state index is -0.744. The maximum Gasteiger partial charge on any atom is 0.347 e. The van der Waals surface area contributed by atoms with Gasteiger partial charge in [-0.25, -0.2) is 14.4 Å². The van der Waals surface area contributed by atoms with Gasteiger partial charge in [-0.05, 0) is 36.4 Å². The Morgan fingerprint density at radius 2 is 1.58 bits per heavy atom. The normalized spacial score (nSPS) is 11.7. The number of hydrogen-bond acceptors (Lipinski definition) is 7. The van der Waals surface area contributed by atoms with Crippen LogP contribution in [0.15, 0.2) is 36.4 Å². The monoisotopic (exact) mass is 356 g/mol. The van der Waals surface area contributed by atoms with E-state index in [1.165, 1.54) is 43.5 Å². The summed E-state index contributed by atoms with van der Waals surface area (Å²) in [6.45, 7) is 4.00. The van der Waals surface area contributed by atoms with Crippen LogP contribution in [0.4, 0.5) is 0 Å². The summed E-state index contributed by atoms with van der Waals surface area (Å²) in [5, 5.41) is 0. The van der Waals surface area contributed by atoms with E-state index in [1.807, 2.05) is 13.8 Å². The molecule has 2 aromatic rings. The average Bonchev–Trinajstić information content (AvgIpc) is 2.96. The van der Waals surface area contributed by atoms with Crippen molar-refractivity contribution in [2.75, 3.05) is 7.11 Å². The zero-order valence-corrected chi connectivity index (χ0v) is 14.4. The smallest absolute Gasteiger partial charge is 0.347 e. The number of ether oxygens (including phenoxy) is 3. The van der Waals surface area contributed by atoms with Crippen molar-refractivity contribution in [3.8, 4) is 11.5 Å². The standard InChI is InChI=1S/C17H10O7.C2H6/c1-22-15(19)13-6-10(3-2-9(13)8-18)23-11-4-5-12-14(7-11)17(21)24-16(12)20;1-2/h2-8H,1H3;1-2H3. The minimum absolute atomic E-state index is 0.0562. The van der Waals surface area contributed by atoms with E-state index in [0.29, 0.717) is 6.29 Å². The van der Waals surface area contributed by atoms with Gasteiger partial charge in [-0.2, -0.15) is 0 Å². The van der Waals surface area contributed by atoms with Gasteiger partial charge in [-0.15, -0.1) is 0 Å². The Morgan fingerprint density at radius 3 is 2.23 bits per heavy atom. The minimum Gasteiger partial charge on any atom is -0.465 e. The third-order valence-corrected chi connectivity index (χ3v) is 3.41. The van der Waals surface area contributed by atoms with E-state index < -0.39 is 17.9 Å². The second kappa shape index (κ2) is 8.06. The number of hydrogen-bond donors (Lipinski definition) is 0. The molecule has 0 saturated heterocycles. The Bertz CT molecular complexity index is 883. The summed E-state index contributed by atoms with van der Waals surface area (Å²) in [7, 11) is 1.20. The van der Waals surface area contributed by atoms with E-state index in [1.54, 1.807) is 0 Å². The third-order valence-electron chi connectivity index (χ3n) is 3.41. The van der Waals surface area contributed by atoms with Crippen LogP contribution in [0.2, 0.25) is 0 Å². The van der Waals surface area contributed by atoms with E-state index >= 15 is 0 Å². The molecule has 0 atom stereocenters. The van der Waals surface area contributed by atoms with E-state index in [9.17, 15) is 19.2 Å². The lowest BCUT2D eigenvalue weighted by Crippen LogP contribution is -2.05. The summed E-state index contributed by atoms with van der Waals surface area (Å²) in [6.07, 6.45) is 0.535. The predicted octanol–water partition coefficient (Wildman–Crippen LogP) is 3.41. The summed E-state index contributed by atoms with van der Waals surface area (Å²) in [4.78, 5) is 45.6. The first-order chi connectivity index (χ1) is 12.5. The maximum absolute atomic E-state index is 11.7. The number of esters is 3. The molecular formula is C19H16O7. The highest BCUT2D eigenvalue weighted by molar-refractivity contribution is 6.14. The van der Waals surface area contributed by atoms with Crippen molar-refractivity contribution >= 4 is 24.2 Å². The highest BCUT2D eigenvalue weighted by atomic mass is 16.6. The van der Waals surface area contributed by atoms with E-state index in [0.717, 1.165) is 0 Å². The van der Waals surface area contributed by atoms with Crippen LogP contribution in [-0.2, 0) is 9.47 Å². The molecule has 3 rings (SSSR count). The summed E-state index contributed by atoms with van der Waals surface area (Å²) < 4.78 is 14.7. The lowest BCUT2D eigenvalue weighted by molar-refractivity contribution is 0.0442. The van der Waals surface area contributed by atoms with E-state index in [-0.39, 0.29) is 33.8 Å². The Morgan fingerprint density at radius 1 is 0.962 bits per heavy atom. The first kappa shape index (κ1) is 18.9. The van der Waals surface area contributed by atoms with Crippen LogP contribution in [0.5, 0.6) is 11.5 Å². The highest BCUT2D eigenvalue weighted by Gasteiger charge is 2.30. The van der Waals surface area contributed by atoms with Crippen LogP contribution in [0, 0.1) is 0 Å². The molecule has 1 aliphatic heterocycles. The molecule has 0 radical (unpaired) electrons. The predicted molar refractivity (Wildman–Crippen MR) is 90.8 cm³/mol. The summed E-state index contributed by atoms with van der Waals surface area (Å²) in [5.41, 5.74) is 0.493. The van der Waals surface area contributed by atoms with Crippen LogP contribution in [0.1, 0.15) is 55.3 Å². The van der Waals surface area contributed by atoms with Crippen LogP contribution < -0.4 is 4.74 Å². The molecule has 26 heavy (non-hydrogen) atoms. The van der Waals surface area contributed by atoms with Gasteiger partial charge in [0, 0.05) is 5.56 Å². The first-order valence-electron chi connectivity index (χ1n) is 7.79. The zero-order chi connectivity index (χ0) is 19.3. The Balaban J connectivity index is 0.00000117. The SMILES string of the molecule is CC.COC(=O)c1cc(Oc2ccc3c(c2)C(=O)OC3=O)ccc1C=O. The Labute approximate surface area is 149 Å². The highest BCUT2D eigenvalue weighted by Crippen LogP contribution is 2.29. The summed E-state index contributed by atoms with van der Waals surface area (Å²) in [6, 6.07) is 8.54. The molecule has 7 nitrogen and oxygen atoms in total. The Kier molecular flexibility index (Phi) is 5.85. The third kappa shape index (κ3) is 3.61. The van der Waals surface area contributed by atoms with Crippen molar-refractivity contribution in [2.24, 2.45) is 0 Å². The average molecular weight is 356 g/mol. The van der Waals surface area contributed by atoms with Crippen LogP contribution in [0.25, 0.3) is 0 Å². The van der Waals surface area contributed by atoms with Crippen molar-refractivity contribution in [1.29, 1.82) is 0 Å². The summed E-state index contributed by atoms with van der Waals surface area (Å²) in [5.74, 6) is -1.59.